The summed E-state index contributed by atoms with van der Waals surface area (Å²) in [4.78, 5) is 59.6. The van der Waals surface area contributed by atoms with E-state index in [-0.39, 0.29) is 65.7 Å². The summed E-state index contributed by atoms with van der Waals surface area (Å²) >= 11 is 0. The van der Waals surface area contributed by atoms with Crippen LogP contribution < -0.4 is 9.47 Å². The first-order chi connectivity index (χ1) is 26.6. The predicted molar refractivity (Wildman–Crippen MR) is 209 cm³/mol. The number of nitrogens with zero attached hydrogens (tertiary/aromatic N) is 2. The Morgan fingerprint density at radius 3 is 2.18 bits per heavy atom. The number of halogens is 1. The van der Waals surface area contributed by atoms with Crippen molar-refractivity contribution in [3.8, 4) is 11.6 Å². The van der Waals surface area contributed by atoms with E-state index < -0.39 is 65.9 Å². The molecule has 0 N–H and O–H groups in total. The molecule has 0 aliphatic heterocycles. The van der Waals surface area contributed by atoms with Crippen LogP contribution in [0, 0.1) is 23.6 Å². The number of aldehydes is 1. The molecule has 0 bridgehead atoms. The van der Waals surface area contributed by atoms with E-state index in [0.717, 1.165) is 11.1 Å². The first-order valence-electron chi connectivity index (χ1n) is 18.9. The van der Waals surface area contributed by atoms with Gasteiger partial charge in [0.2, 0.25) is 5.78 Å². The quantitative estimate of drug-likeness (QED) is 0.0640. The molecule has 5 atom stereocenters. The van der Waals surface area contributed by atoms with Gasteiger partial charge in [0.25, 0.3) is 5.88 Å². The van der Waals surface area contributed by atoms with E-state index in [9.17, 15) is 4.79 Å². The number of rotatable bonds is 11. The minimum atomic E-state index is -2.98. The van der Waals surface area contributed by atoms with E-state index in [0.29, 0.717) is 6.29 Å². The molecule has 292 valence electrons. The Morgan fingerprint density at radius 2 is 1.59 bits per heavy atom. The van der Waals surface area contributed by atoms with Crippen molar-refractivity contribution < 1.29 is 42.0 Å². The normalized spacial score (nSPS) is 23.4. The summed E-state index contributed by atoms with van der Waals surface area (Å²) in [6, 6.07) is 19.2. The van der Waals surface area contributed by atoms with Gasteiger partial charge in [0.1, 0.15) is 36.6 Å². The average molecular weight is 779 g/mol. The number of hydrogen-bond acceptors (Lipinski definition) is 10. The maximum Gasteiger partial charge on any atom is 0.265 e. The highest BCUT2D eigenvalue weighted by atomic mass is 28.4. The summed E-state index contributed by atoms with van der Waals surface area (Å²) in [6.45, 7) is 10.1. The first kappa shape index (κ1) is 39.2. The molecule has 0 spiro atoms. The van der Waals surface area contributed by atoms with Crippen molar-refractivity contribution in [2.24, 2.45) is 17.8 Å². The first-order valence-corrected chi connectivity index (χ1v) is 21.8. The van der Waals surface area contributed by atoms with Crippen molar-refractivity contribution in [1.82, 2.24) is 10.1 Å². The second-order valence-electron chi connectivity index (χ2n) is 16.7. The molecule has 0 saturated heterocycles. The topological polar surface area (TPSA) is 125 Å². The highest BCUT2D eigenvalue weighted by Gasteiger charge is 2.70. The summed E-state index contributed by atoms with van der Waals surface area (Å²) in [6.07, 6.45) is 3.35. The monoisotopic (exact) mass is 778 g/mol. The fraction of sp³-hybridized carbons (Fsp3) is 0.386. The van der Waals surface area contributed by atoms with E-state index in [1.165, 1.54) is 18.2 Å². The number of Topliss-reactive ketones (excluding diaryl/α,β-unsaturated/α-hetero) is 3. The van der Waals surface area contributed by atoms with Gasteiger partial charge >= 0.3 is 0 Å². The Kier molecular flexibility index (Phi) is 10.4. The van der Waals surface area contributed by atoms with Crippen molar-refractivity contribution in [2.45, 2.75) is 76.6 Å². The Bertz CT molecular complexity index is 2210. The summed E-state index contributed by atoms with van der Waals surface area (Å²) in [5.41, 5.74) is -0.212. The molecule has 1 heterocycles. The highest BCUT2D eigenvalue weighted by Crippen LogP contribution is 2.59. The van der Waals surface area contributed by atoms with Crippen LogP contribution in [0.2, 0.25) is 18.1 Å². The van der Waals surface area contributed by atoms with Gasteiger partial charge in [-0.1, -0.05) is 81.4 Å². The summed E-state index contributed by atoms with van der Waals surface area (Å²) in [5, 5.41) is 3.79. The molecule has 0 radical (unpaired) electrons. The number of benzene rings is 3. The highest BCUT2D eigenvalue weighted by molar-refractivity contribution is 6.74. The van der Waals surface area contributed by atoms with Gasteiger partial charge in [-0.3, -0.25) is 24.1 Å². The molecular formula is C44H47FN2O8Si. The predicted octanol–water partition coefficient (Wildman–Crippen LogP) is 8.00. The molecule has 1 saturated carbocycles. The summed E-state index contributed by atoms with van der Waals surface area (Å²) in [7, 11) is 0.678. The molecule has 3 aliphatic carbocycles. The number of carbonyl (C=O) groups excluding carboxylic acids is 4. The summed E-state index contributed by atoms with van der Waals surface area (Å²) in [5.74, 6) is -5.17. The van der Waals surface area contributed by atoms with Gasteiger partial charge < -0.3 is 18.4 Å². The van der Waals surface area contributed by atoms with Crippen LogP contribution in [0.25, 0.3) is 6.08 Å². The molecule has 4 aromatic rings. The Morgan fingerprint density at radius 1 is 0.964 bits per heavy atom. The smallest absolute Gasteiger partial charge is 0.265 e. The standard InChI is InChI=1S/C44H47FN2O8Si/c1-43(2,3)56(6,7)55-44-31(36(47(4)5)39-35(41(44)51)42(46-54-39)53-25-27-17-12-9-13-18-27)22-29-21-30-32(45)23-28(19-14-20-48)38(34(30)37(49)33(29)40(44)50)52-24-26-15-10-8-11-16-26/h8-20,23,29,31,33,36H,21-22,24-25H2,1-7H3/t29-,31-,33?,36-,44-/m0/s1. The lowest BCUT2D eigenvalue weighted by atomic mass is 9.54. The van der Waals surface area contributed by atoms with E-state index in [1.54, 1.807) is 0 Å². The van der Waals surface area contributed by atoms with Crippen molar-refractivity contribution in [1.29, 1.82) is 0 Å². The van der Waals surface area contributed by atoms with Crippen LogP contribution in [0.4, 0.5) is 4.39 Å². The third kappa shape index (κ3) is 6.57. The van der Waals surface area contributed by atoms with Crippen molar-refractivity contribution in [2.75, 3.05) is 14.1 Å². The molecule has 12 heteroatoms. The van der Waals surface area contributed by atoms with Crippen LogP contribution >= 0.6 is 0 Å². The molecule has 0 amide bonds. The number of aromatic nitrogens is 1. The Labute approximate surface area is 327 Å². The zero-order chi connectivity index (χ0) is 40.2. The summed E-state index contributed by atoms with van der Waals surface area (Å²) < 4.78 is 41.8. The second kappa shape index (κ2) is 14.8. The fourth-order valence-electron chi connectivity index (χ4n) is 8.36. The van der Waals surface area contributed by atoms with E-state index in [2.05, 4.69) is 5.16 Å². The fourth-order valence-corrected chi connectivity index (χ4v) is 9.81. The molecule has 1 unspecified atom stereocenters. The van der Waals surface area contributed by atoms with Crippen molar-refractivity contribution in [3.05, 3.63) is 118 Å². The van der Waals surface area contributed by atoms with Gasteiger partial charge in [-0.15, -0.1) is 0 Å². The lowest BCUT2D eigenvalue weighted by Gasteiger charge is -2.56. The lowest BCUT2D eigenvalue weighted by molar-refractivity contribution is -0.151. The average Bonchev–Trinajstić information content (AvgIpc) is 3.57. The molecule has 3 aromatic carbocycles. The SMILES string of the molecule is CN(C)[C@@H]1c2onc(OCc3ccccc3)c2C(=O)[C@@]2(O[Si](C)(C)C(C)(C)C)C(=O)C3C(=O)c4c(c(F)cc(C=CC=O)c4OCc4ccccc4)C[C@H]3C[C@@H]12. The minimum absolute atomic E-state index is 0.0178. The molecular weight excluding hydrogens is 732 g/mol. The number of allylic oxidation sites excluding steroid dienone is 1. The van der Waals surface area contributed by atoms with E-state index in [4.69, 9.17) is 18.4 Å². The Balaban J connectivity index is 1.39. The zero-order valence-corrected chi connectivity index (χ0v) is 33.8. The number of fused-ring (bicyclic) bond motifs is 4. The van der Waals surface area contributed by atoms with Crippen LogP contribution in [-0.4, -0.2) is 61.7 Å². The van der Waals surface area contributed by atoms with E-state index >= 15 is 18.8 Å². The maximum atomic E-state index is 16.2. The van der Waals surface area contributed by atoms with Gasteiger partial charge in [0, 0.05) is 17.0 Å². The van der Waals surface area contributed by atoms with Crippen molar-refractivity contribution in [3.63, 3.8) is 0 Å². The third-order valence-corrected chi connectivity index (χ3v) is 16.5. The van der Waals surface area contributed by atoms with Crippen LogP contribution in [-0.2, 0) is 33.6 Å². The zero-order valence-electron chi connectivity index (χ0n) is 32.8. The molecule has 1 fully saturated rings. The lowest BCUT2D eigenvalue weighted by Crippen LogP contribution is -2.70. The van der Waals surface area contributed by atoms with Gasteiger partial charge in [-0.2, -0.15) is 0 Å². The van der Waals surface area contributed by atoms with Gasteiger partial charge in [-0.05, 0) is 85.5 Å². The van der Waals surface area contributed by atoms with Gasteiger partial charge in [0.15, 0.2) is 31.2 Å². The van der Waals surface area contributed by atoms with E-state index in [1.807, 2.05) is 114 Å². The minimum Gasteiger partial charge on any atom is -0.488 e. The largest absolute Gasteiger partial charge is 0.488 e. The van der Waals surface area contributed by atoms with Crippen LogP contribution in [0.5, 0.6) is 11.6 Å². The van der Waals surface area contributed by atoms with Crippen LogP contribution in [0.3, 0.4) is 0 Å². The second-order valence-corrected chi connectivity index (χ2v) is 21.5. The molecule has 7 rings (SSSR count). The number of ketones is 3. The molecule has 3 aliphatic rings. The number of hydrogen-bond donors (Lipinski definition) is 0. The number of ether oxygens (including phenoxy) is 2. The molecule has 56 heavy (non-hydrogen) atoms. The molecule has 1 aromatic heterocycles. The Hall–Kier alpha value is -5.04. The molecule has 10 nitrogen and oxygen atoms in total. The maximum absolute atomic E-state index is 16.2. The van der Waals surface area contributed by atoms with Crippen LogP contribution in [0.1, 0.15) is 82.0 Å². The third-order valence-electron chi connectivity index (χ3n) is 12.0. The van der Waals surface area contributed by atoms with Gasteiger partial charge in [-0.25, -0.2) is 4.39 Å². The van der Waals surface area contributed by atoms with Crippen LogP contribution in [0.15, 0.2) is 77.3 Å². The van der Waals surface area contributed by atoms with Gasteiger partial charge in [0.05, 0.1) is 17.5 Å². The van der Waals surface area contributed by atoms with Crippen molar-refractivity contribution >= 4 is 38.0 Å². The number of carbonyl (C=O) groups is 4.